The van der Waals surface area contributed by atoms with Gasteiger partial charge in [0.25, 0.3) is 5.91 Å². The van der Waals surface area contributed by atoms with E-state index in [9.17, 15) is 18.0 Å². The highest BCUT2D eigenvalue weighted by molar-refractivity contribution is 7.90. The molecule has 1 amide bonds. The van der Waals surface area contributed by atoms with Gasteiger partial charge in [0.05, 0.1) is 16.3 Å². The first-order chi connectivity index (χ1) is 15.7. The molecule has 0 radical (unpaired) electrons. The van der Waals surface area contributed by atoms with Crippen molar-refractivity contribution in [1.29, 1.82) is 0 Å². The van der Waals surface area contributed by atoms with Crippen LogP contribution in [0.25, 0.3) is 5.00 Å². The van der Waals surface area contributed by atoms with E-state index in [-0.39, 0.29) is 23.0 Å². The summed E-state index contributed by atoms with van der Waals surface area (Å²) in [5, 5.41) is 7.62. The summed E-state index contributed by atoms with van der Waals surface area (Å²) < 4.78 is 25.9. The van der Waals surface area contributed by atoms with E-state index in [4.69, 9.17) is 0 Å². The van der Waals surface area contributed by atoms with E-state index in [1.807, 2.05) is 13.0 Å². The van der Waals surface area contributed by atoms with Gasteiger partial charge in [0.1, 0.15) is 11.3 Å². The molecule has 170 valence electrons. The van der Waals surface area contributed by atoms with Crippen molar-refractivity contribution in [2.24, 2.45) is 0 Å². The highest BCUT2D eigenvalue weighted by atomic mass is 32.2. The molecule has 0 aliphatic heterocycles. The van der Waals surface area contributed by atoms with Gasteiger partial charge < -0.3 is 5.32 Å². The smallest absolute Gasteiger partial charge is 0.347 e. The number of aryl methyl sites for hydroxylation is 1. The second-order valence-corrected chi connectivity index (χ2v) is 10.5. The van der Waals surface area contributed by atoms with Crippen LogP contribution in [0.5, 0.6) is 0 Å². The summed E-state index contributed by atoms with van der Waals surface area (Å²) in [5.41, 5.74) is 2.04. The first-order valence-corrected chi connectivity index (χ1v) is 12.6. The number of hydrogen-bond donors (Lipinski definition) is 1. The van der Waals surface area contributed by atoms with Crippen molar-refractivity contribution < 1.29 is 13.2 Å². The molecule has 9 nitrogen and oxygen atoms in total. The normalized spacial score (nSPS) is 11.5. The van der Waals surface area contributed by atoms with E-state index in [0.717, 1.165) is 22.9 Å². The Bertz CT molecular complexity index is 1450. The fourth-order valence-electron chi connectivity index (χ4n) is 3.19. The highest BCUT2D eigenvalue weighted by Crippen LogP contribution is 2.24. The number of carbonyl (C=O) groups is 1. The molecule has 4 rings (SSSR count). The van der Waals surface area contributed by atoms with Crippen molar-refractivity contribution >= 4 is 27.1 Å². The van der Waals surface area contributed by atoms with Crippen LogP contribution in [0.3, 0.4) is 0 Å². The maximum absolute atomic E-state index is 12.9. The van der Waals surface area contributed by atoms with Crippen molar-refractivity contribution in [3.05, 3.63) is 93.2 Å². The Hall–Kier alpha value is -3.57. The minimum absolute atomic E-state index is 0.193. The third-order valence-corrected chi connectivity index (χ3v) is 7.31. The fourth-order valence-corrected chi connectivity index (χ4v) is 4.87. The Balaban J connectivity index is 1.50. The molecule has 3 aromatic heterocycles. The zero-order valence-electron chi connectivity index (χ0n) is 17.9. The lowest BCUT2D eigenvalue weighted by molar-refractivity contribution is 0.0954. The molecule has 0 fully saturated rings. The minimum atomic E-state index is -3.28. The maximum atomic E-state index is 12.9. The molecular weight excluding hydrogens is 462 g/mol. The molecule has 0 saturated carbocycles. The first-order valence-electron chi connectivity index (χ1n) is 9.94. The summed E-state index contributed by atoms with van der Waals surface area (Å²) in [6.45, 7) is 2.37. The van der Waals surface area contributed by atoms with Crippen LogP contribution < -0.4 is 11.0 Å². The summed E-state index contributed by atoms with van der Waals surface area (Å²) in [6.07, 6.45) is 5.92. The van der Waals surface area contributed by atoms with Gasteiger partial charge in [-0.3, -0.25) is 9.78 Å². The lowest BCUT2D eigenvalue weighted by atomic mass is 10.2. The monoisotopic (exact) mass is 483 g/mol. The van der Waals surface area contributed by atoms with Gasteiger partial charge in [0.2, 0.25) is 0 Å². The molecule has 0 saturated heterocycles. The van der Waals surface area contributed by atoms with E-state index < -0.39 is 9.84 Å². The number of thiophene rings is 1. The average Bonchev–Trinajstić information content (AvgIpc) is 3.35. The highest BCUT2D eigenvalue weighted by Gasteiger charge is 2.17. The molecule has 0 aliphatic carbocycles. The third kappa shape index (κ3) is 5.10. The van der Waals surface area contributed by atoms with Crippen molar-refractivity contribution in [3.8, 4) is 5.00 Å². The van der Waals surface area contributed by atoms with Gasteiger partial charge in [0.15, 0.2) is 9.84 Å². The number of hydrogen-bond acceptors (Lipinski definition) is 7. The van der Waals surface area contributed by atoms with Gasteiger partial charge in [-0.05, 0) is 47.9 Å². The first kappa shape index (κ1) is 22.6. The van der Waals surface area contributed by atoms with E-state index in [0.29, 0.717) is 16.4 Å². The lowest BCUT2D eigenvalue weighted by Crippen LogP contribution is -2.24. The van der Waals surface area contributed by atoms with Gasteiger partial charge in [-0.25, -0.2) is 22.5 Å². The Labute approximate surface area is 194 Å². The lowest BCUT2D eigenvalue weighted by Gasteiger charge is -2.04. The summed E-state index contributed by atoms with van der Waals surface area (Å²) in [4.78, 5) is 30.3. The van der Waals surface area contributed by atoms with Crippen LogP contribution in [0.15, 0.2) is 70.9 Å². The van der Waals surface area contributed by atoms with Gasteiger partial charge in [0, 0.05) is 25.2 Å². The van der Waals surface area contributed by atoms with E-state index in [1.54, 1.807) is 36.7 Å². The van der Waals surface area contributed by atoms with Crippen molar-refractivity contribution in [1.82, 2.24) is 24.6 Å². The van der Waals surface area contributed by atoms with Gasteiger partial charge in [-0.2, -0.15) is 5.10 Å². The summed E-state index contributed by atoms with van der Waals surface area (Å²) >= 11 is 1.21. The van der Waals surface area contributed by atoms with Crippen molar-refractivity contribution in [2.45, 2.75) is 24.9 Å². The number of sulfone groups is 1. The molecule has 0 unspecified atom stereocenters. The maximum Gasteiger partial charge on any atom is 0.351 e. The van der Waals surface area contributed by atoms with E-state index >= 15 is 0 Å². The molecule has 0 aliphatic rings. The van der Waals surface area contributed by atoms with Crippen LogP contribution in [0.1, 0.15) is 26.4 Å². The molecule has 11 heteroatoms. The number of amides is 1. The van der Waals surface area contributed by atoms with E-state index in [2.05, 4.69) is 15.4 Å². The van der Waals surface area contributed by atoms with Crippen LogP contribution in [0.4, 0.5) is 0 Å². The Kier molecular flexibility index (Phi) is 6.25. The number of nitrogens with one attached hydrogen (secondary N) is 1. The second kappa shape index (κ2) is 9.12. The zero-order valence-corrected chi connectivity index (χ0v) is 19.6. The van der Waals surface area contributed by atoms with E-state index in [1.165, 1.54) is 39.0 Å². The minimum Gasteiger partial charge on any atom is -0.347 e. The van der Waals surface area contributed by atoms with Crippen LogP contribution in [-0.2, 0) is 22.9 Å². The molecule has 0 bridgehead atoms. The number of pyridine rings is 1. The van der Waals surface area contributed by atoms with Crippen LogP contribution in [0, 0.1) is 6.92 Å². The van der Waals surface area contributed by atoms with Crippen molar-refractivity contribution in [3.63, 3.8) is 0 Å². The molecule has 1 N–H and O–H groups in total. The van der Waals surface area contributed by atoms with Crippen LogP contribution in [0.2, 0.25) is 0 Å². The SMILES string of the molecule is Cc1cc(-n2cnn(Cc3ccc(S(C)(=O)=O)cc3)c2=O)sc1C(=O)NCc1cccnc1. The quantitative estimate of drug-likeness (QED) is 0.431. The number of carbonyl (C=O) groups excluding carboxylic acids is 1. The molecule has 3 heterocycles. The topological polar surface area (TPSA) is 116 Å². The Morgan fingerprint density at radius 2 is 1.91 bits per heavy atom. The third-order valence-electron chi connectivity index (χ3n) is 4.94. The standard InChI is InChI=1S/C22H21N5O4S2/c1-15-10-19(32-20(15)21(28)24-12-17-4-3-9-23-11-17)26-14-25-27(22(26)29)13-16-5-7-18(8-6-16)33(2,30)31/h3-11,14H,12-13H2,1-2H3,(H,24,28). The number of benzene rings is 1. The molecular formula is C22H21N5O4S2. The molecule has 0 atom stereocenters. The summed E-state index contributed by atoms with van der Waals surface area (Å²) in [5.74, 6) is -0.223. The fraction of sp³-hybridized carbons (Fsp3) is 0.182. The van der Waals surface area contributed by atoms with Crippen LogP contribution >= 0.6 is 11.3 Å². The number of rotatable bonds is 7. The largest absolute Gasteiger partial charge is 0.351 e. The molecule has 4 aromatic rings. The summed E-state index contributed by atoms with van der Waals surface area (Å²) in [6, 6.07) is 11.8. The average molecular weight is 484 g/mol. The predicted octanol–water partition coefficient (Wildman–Crippen LogP) is 2.18. The van der Waals surface area contributed by atoms with Gasteiger partial charge in [-0.1, -0.05) is 18.2 Å². The zero-order chi connectivity index (χ0) is 23.6. The molecule has 1 aromatic carbocycles. The molecule has 0 spiro atoms. The van der Waals surface area contributed by atoms with Gasteiger partial charge in [-0.15, -0.1) is 11.3 Å². The van der Waals surface area contributed by atoms with Crippen molar-refractivity contribution in [2.75, 3.05) is 6.26 Å². The Morgan fingerprint density at radius 1 is 1.15 bits per heavy atom. The summed E-state index contributed by atoms with van der Waals surface area (Å²) in [7, 11) is -3.28. The number of nitrogens with zero attached hydrogens (tertiary/aromatic N) is 4. The predicted molar refractivity (Wildman–Crippen MR) is 124 cm³/mol. The van der Waals surface area contributed by atoms with Crippen LogP contribution in [-0.4, -0.2) is 39.9 Å². The molecule has 33 heavy (non-hydrogen) atoms. The number of aromatic nitrogens is 4. The Morgan fingerprint density at radius 3 is 2.58 bits per heavy atom. The second-order valence-electron chi connectivity index (χ2n) is 7.50. The van der Waals surface area contributed by atoms with Gasteiger partial charge >= 0.3 is 5.69 Å².